The van der Waals surface area contributed by atoms with Gasteiger partial charge in [-0.05, 0) is 35.4 Å². The molecule has 8 heteroatoms. The molecular weight excluding hydrogens is 427 g/mol. The molecule has 0 heterocycles. The van der Waals surface area contributed by atoms with Gasteiger partial charge in [0.2, 0.25) is 0 Å². The Bertz CT molecular complexity index is 1110. The largest absolute Gasteiger partial charge is 0.480 e. The lowest BCUT2D eigenvalue weighted by atomic mass is 9.99. The van der Waals surface area contributed by atoms with E-state index in [0.717, 1.165) is 0 Å². The van der Waals surface area contributed by atoms with Crippen LogP contribution in [0.1, 0.15) is 27.5 Å². The Morgan fingerprint density at radius 1 is 0.848 bits per heavy atom. The van der Waals surface area contributed by atoms with E-state index < -0.39 is 41.8 Å². The standard InChI is InChI=1S/C25H23FN2O5/c26-19-13-7-8-16(14-19)15-20(25(32)33)27-24(31)22(29)21(17-9-3-1-4-10-17)28-23(30)18-11-5-2-6-12-18/h1-14,20-22,29H,15H2,(H,27,31)(H,28,30)(H,32,33)/t20-,21-,22+/m0/s1. The SMILES string of the molecule is O=C(N[C@@H](c1ccccc1)[C@@H](O)C(=O)N[C@@H](Cc1cccc(F)c1)C(=O)O)c1ccccc1. The van der Waals surface area contributed by atoms with Crippen molar-refractivity contribution in [2.75, 3.05) is 0 Å². The molecule has 0 aliphatic rings. The minimum atomic E-state index is -1.78. The van der Waals surface area contributed by atoms with Gasteiger partial charge >= 0.3 is 5.97 Å². The number of nitrogens with one attached hydrogen (secondary N) is 2. The Kier molecular flexibility index (Phi) is 7.88. The maximum Gasteiger partial charge on any atom is 0.326 e. The molecule has 0 radical (unpaired) electrons. The van der Waals surface area contributed by atoms with E-state index in [9.17, 15) is 29.0 Å². The summed E-state index contributed by atoms with van der Waals surface area (Å²) in [6, 6.07) is 19.5. The summed E-state index contributed by atoms with van der Waals surface area (Å²) in [5, 5.41) is 25.2. The molecule has 3 aromatic rings. The number of amides is 2. The number of carbonyl (C=O) groups excluding carboxylic acids is 2. The number of hydrogen-bond donors (Lipinski definition) is 4. The molecule has 0 fully saturated rings. The van der Waals surface area contributed by atoms with Crippen LogP contribution in [0.25, 0.3) is 0 Å². The molecule has 0 spiro atoms. The van der Waals surface area contributed by atoms with Gasteiger partial charge < -0.3 is 20.8 Å². The van der Waals surface area contributed by atoms with Crippen molar-refractivity contribution < 1.29 is 29.0 Å². The number of aliphatic carboxylic acids is 1. The van der Waals surface area contributed by atoms with Gasteiger partial charge in [0.05, 0.1) is 6.04 Å². The molecule has 0 saturated heterocycles. The lowest BCUT2D eigenvalue weighted by Gasteiger charge is -2.25. The highest BCUT2D eigenvalue weighted by atomic mass is 19.1. The second kappa shape index (κ2) is 11.0. The number of halogens is 1. The lowest BCUT2D eigenvalue weighted by Crippen LogP contribution is -2.50. The van der Waals surface area contributed by atoms with E-state index in [-0.39, 0.29) is 6.42 Å². The summed E-state index contributed by atoms with van der Waals surface area (Å²) in [6.45, 7) is 0. The maximum atomic E-state index is 13.4. The van der Waals surface area contributed by atoms with Gasteiger partial charge in [0, 0.05) is 12.0 Å². The van der Waals surface area contributed by atoms with Crippen LogP contribution in [0.3, 0.4) is 0 Å². The summed E-state index contributed by atoms with van der Waals surface area (Å²) in [4.78, 5) is 37.2. The van der Waals surface area contributed by atoms with Gasteiger partial charge in [-0.25, -0.2) is 9.18 Å². The van der Waals surface area contributed by atoms with Crippen LogP contribution < -0.4 is 10.6 Å². The molecule has 0 aromatic heterocycles. The van der Waals surface area contributed by atoms with Crippen LogP contribution >= 0.6 is 0 Å². The van der Waals surface area contributed by atoms with Gasteiger partial charge in [-0.15, -0.1) is 0 Å². The third-order valence-corrected chi connectivity index (χ3v) is 5.01. The quantitative estimate of drug-likeness (QED) is 0.400. The Labute approximate surface area is 189 Å². The Hall–Kier alpha value is -4.04. The zero-order valence-electron chi connectivity index (χ0n) is 17.5. The first-order chi connectivity index (χ1) is 15.8. The fourth-order valence-electron chi connectivity index (χ4n) is 3.33. The van der Waals surface area contributed by atoms with Gasteiger partial charge in [0.15, 0.2) is 6.10 Å². The third kappa shape index (κ3) is 6.47. The number of aliphatic hydroxyl groups excluding tert-OH is 1. The number of carbonyl (C=O) groups is 3. The summed E-state index contributed by atoms with van der Waals surface area (Å²) >= 11 is 0. The van der Waals surface area contributed by atoms with Crippen molar-refractivity contribution in [3.63, 3.8) is 0 Å². The second-order valence-electron chi connectivity index (χ2n) is 7.41. The molecule has 170 valence electrons. The Morgan fingerprint density at radius 2 is 1.48 bits per heavy atom. The van der Waals surface area contributed by atoms with E-state index in [1.165, 1.54) is 24.3 Å². The number of hydrogen-bond acceptors (Lipinski definition) is 4. The lowest BCUT2D eigenvalue weighted by molar-refractivity contribution is -0.143. The van der Waals surface area contributed by atoms with Gasteiger partial charge in [-0.2, -0.15) is 0 Å². The molecule has 33 heavy (non-hydrogen) atoms. The normalized spacial score (nSPS) is 13.4. The molecule has 0 bridgehead atoms. The average Bonchev–Trinajstić information content (AvgIpc) is 2.82. The van der Waals surface area contributed by atoms with Crippen LogP contribution in [0, 0.1) is 5.82 Å². The molecular formula is C25H23FN2O5. The summed E-state index contributed by atoms with van der Waals surface area (Å²) in [5.41, 5.74) is 1.16. The van der Waals surface area contributed by atoms with E-state index in [1.54, 1.807) is 60.7 Å². The molecule has 7 nitrogen and oxygen atoms in total. The molecule has 2 amide bonds. The van der Waals surface area contributed by atoms with E-state index in [4.69, 9.17) is 0 Å². The van der Waals surface area contributed by atoms with Gasteiger partial charge in [-0.3, -0.25) is 9.59 Å². The highest BCUT2D eigenvalue weighted by Crippen LogP contribution is 2.19. The number of carboxylic acid groups (broad SMARTS) is 1. The molecule has 0 aliphatic carbocycles. The number of rotatable bonds is 9. The Balaban J connectivity index is 1.79. The van der Waals surface area contributed by atoms with E-state index >= 15 is 0 Å². The fourth-order valence-corrected chi connectivity index (χ4v) is 3.33. The first-order valence-electron chi connectivity index (χ1n) is 10.2. The van der Waals surface area contributed by atoms with Crippen molar-refractivity contribution in [2.24, 2.45) is 0 Å². The number of carboxylic acids is 1. The van der Waals surface area contributed by atoms with Crippen molar-refractivity contribution >= 4 is 17.8 Å². The summed E-state index contributed by atoms with van der Waals surface area (Å²) < 4.78 is 13.4. The first kappa shape index (κ1) is 23.6. The van der Waals surface area contributed by atoms with E-state index in [0.29, 0.717) is 16.7 Å². The van der Waals surface area contributed by atoms with Crippen LogP contribution in [0.2, 0.25) is 0 Å². The van der Waals surface area contributed by atoms with Crippen LogP contribution in [-0.4, -0.2) is 40.1 Å². The monoisotopic (exact) mass is 450 g/mol. The minimum absolute atomic E-state index is 0.183. The van der Waals surface area contributed by atoms with Crippen molar-refractivity contribution in [3.05, 3.63) is 107 Å². The van der Waals surface area contributed by atoms with Gasteiger partial charge in [0.25, 0.3) is 11.8 Å². The first-order valence-corrected chi connectivity index (χ1v) is 10.2. The van der Waals surface area contributed by atoms with Crippen molar-refractivity contribution in [2.45, 2.75) is 24.6 Å². The number of aliphatic hydroxyl groups is 1. The molecule has 0 unspecified atom stereocenters. The minimum Gasteiger partial charge on any atom is -0.480 e. The maximum absolute atomic E-state index is 13.4. The molecule has 3 rings (SSSR count). The third-order valence-electron chi connectivity index (χ3n) is 5.01. The molecule has 3 aromatic carbocycles. The molecule has 0 aliphatic heterocycles. The van der Waals surface area contributed by atoms with E-state index in [1.807, 2.05) is 0 Å². The van der Waals surface area contributed by atoms with E-state index in [2.05, 4.69) is 10.6 Å². The van der Waals surface area contributed by atoms with Crippen molar-refractivity contribution in [3.8, 4) is 0 Å². The van der Waals surface area contributed by atoms with Gasteiger partial charge in [-0.1, -0.05) is 60.7 Å². The topological polar surface area (TPSA) is 116 Å². The van der Waals surface area contributed by atoms with Gasteiger partial charge in [0.1, 0.15) is 11.9 Å². The average molecular weight is 450 g/mol. The van der Waals surface area contributed by atoms with Crippen molar-refractivity contribution in [1.82, 2.24) is 10.6 Å². The molecule has 4 N–H and O–H groups in total. The van der Waals surface area contributed by atoms with Crippen molar-refractivity contribution in [1.29, 1.82) is 0 Å². The smallest absolute Gasteiger partial charge is 0.326 e. The van der Waals surface area contributed by atoms with Crippen LogP contribution in [0.5, 0.6) is 0 Å². The zero-order chi connectivity index (χ0) is 23.8. The van der Waals surface area contributed by atoms with Crippen LogP contribution in [-0.2, 0) is 16.0 Å². The predicted molar refractivity (Wildman–Crippen MR) is 119 cm³/mol. The second-order valence-corrected chi connectivity index (χ2v) is 7.41. The predicted octanol–water partition coefficient (Wildman–Crippen LogP) is 2.47. The summed E-state index contributed by atoms with van der Waals surface area (Å²) in [7, 11) is 0. The summed E-state index contributed by atoms with van der Waals surface area (Å²) in [5.74, 6) is -3.37. The fraction of sp³-hybridized carbons (Fsp3) is 0.160. The molecule has 3 atom stereocenters. The highest BCUT2D eigenvalue weighted by Gasteiger charge is 2.32. The van der Waals surface area contributed by atoms with Crippen LogP contribution in [0.15, 0.2) is 84.9 Å². The van der Waals surface area contributed by atoms with Crippen LogP contribution in [0.4, 0.5) is 4.39 Å². The Morgan fingerprint density at radius 3 is 2.09 bits per heavy atom. The highest BCUT2D eigenvalue weighted by molar-refractivity contribution is 5.95. The molecule has 0 saturated carbocycles. The number of benzene rings is 3. The summed E-state index contributed by atoms with van der Waals surface area (Å²) in [6.07, 6.45) is -1.97. The zero-order valence-corrected chi connectivity index (χ0v) is 17.5.